The molecule has 14 heteroatoms. The van der Waals surface area contributed by atoms with Crippen LogP contribution in [0.1, 0.15) is 47.9 Å². The number of rotatable bonds is 15. The molecule has 0 saturated carbocycles. The molecule has 0 saturated heterocycles. The number of methoxy groups -OCH3 is 1. The number of ketones is 2. The van der Waals surface area contributed by atoms with Crippen LogP contribution in [0.4, 0.5) is 13.2 Å². The fraction of sp³-hybridized carbons (Fsp3) is 0.333. The van der Waals surface area contributed by atoms with Crippen molar-refractivity contribution in [2.24, 2.45) is 11.8 Å². The molecule has 0 spiro atoms. The number of amides is 3. The fourth-order valence-electron chi connectivity index (χ4n) is 4.67. The van der Waals surface area contributed by atoms with Gasteiger partial charge in [0.25, 0.3) is 5.91 Å². The van der Waals surface area contributed by atoms with Crippen LogP contribution in [0, 0.1) is 11.8 Å². The minimum Gasteiger partial charge on any atom is -0.497 e. The van der Waals surface area contributed by atoms with Gasteiger partial charge in [-0.25, -0.2) is 0 Å². The van der Waals surface area contributed by atoms with E-state index in [2.05, 4.69) is 20.9 Å². The second-order valence-corrected chi connectivity index (χ2v) is 11.4. The molecule has 250 valence electrons. The molecule has 0 fully saturated rings. The van der Waals surface area contributed by atoms with E-state index >= 15 is 0 Å². The van der Waals surface area contributed by atoms with Crippen LogP contribution in [0.2, 0.25) is 5.02 Å². The average Bonchev–Trinajstić information content (AvgIpc) is 3.04. The minimum absolute atomic E-state index is 0.0677. The zero-order chi connectivity index (χ0) is 34.7. The molecule has 3 N–H and O–H groups in total. The molecule has 3 rings (SSSR count). The lowest BCUT2D eigenvalue weighted by Crippen LogP contribution is -2.52. The van der Waals surface area contributed by atoms with Gasteiger partial charge >= 0.3 is 6.18 Å². The molecule has 3 amide bonds. The summed E-state index contributed by atoms with van der Waals surface area (Å²) in [4.78, 5) is 68.8. The molecule has 0 aliphatic heterocycles. The smallest absolute Gasteiger partial charge is 0.450 e. The molecule has 1 heterocycles. The molecule has 0 bridgehead atoms. The zero-order valence-electron chi connectivity index (χ0n) is 25.8. The van der Waals surface area contributed by atoms with Crippen LogP contribution >= 0.6 is 11.6 Å². The Kier molecular flexibility index (Phi) is 13.0. The van der Waals surface area contributed by atoms with Gasteiger partial charge in [-0.1, -0.05) is 55.8 Å². The summed E-state index contributed by atoms with van der Waals surface area (Å²) in [5.41, 5.74) is 0.818. The number of hydrogen-bond donors (Lipinski definition) is 3. The highest BCUT2D eigenvalue weighted by Gasteiger charge is 2.45. The summed E-state index contributed by atoms with van der Waals surface area (Å²) >= 11 is 6.11. The van der Waals surface area contributed by atoms with E-state index < -0.39 is 72.3 Å². The predicted octanol–water partition coefficient (Wildman–Crippen LogP) is 4.42. The van der Waals surface area contributed by atoms with Gasteiger partial charge in [0.05, 0.1) is 13.7 Å². The van der Waals surface area contributed by atoms with Crippen LogP contribution < -0.4 is 20.7 Å². The number of carbonyl (C=O) groups is 5. The van der Waals surface area contributed by atoms with E-state index in [9.17, 15) is 37.1 Å². The number of carbonyl (C=O) groups excluding carboxylic acids is 5. The number of halogens is 4. The van der Waals surface area contributed by atoms with Crippen molar-refractivity contribution >= 4 is 40.9 Å². The number of Topliss-reactive ketones (excluding diaryl/α,β-unsaturated/α-hetero) is 2. The first-order chi connectivity index (χ1) is 22.2. The molecule has 3 atom stereocenters. The van der Waals surface area contributed by atoms with Gasteiger partial charge in [-0.15, -0.1) is 0 Å². The van der Waals surface area contributed by atoms with E-state index in [4.69, 9.17) is 16.3 Å². The van der Waals surface area contributed by atoms with Crippen LogP contribution in [0.5, 0.6) is 5.75 Å². The van der Waals surface area contributed by atoms with Crippen molar-refractivity contribution in [3.63, 3.8) is 0 Å². The fourth-order valence-corrected chi connectivity index (χ4v) is 4.88. The topological polar surface area (TPSA) is 144 Å². The summed E-state index contributed by atoms with van der Waals surface area (Å²) in [5.74, 6) is -7.24. The third kappa shape index (κ3) is 10.9. The number of nitrogens with zero attached hydrogens (tertiary/aromatic N) is 1. The number of benzene rings is 2. The Labute approximate surface area is 274 Å². The molecule has 2 aromatic carbocycles. The van der Waals surface area contributed by atoms with Crippen LogP contribution in [0.15, 0.2) is 72.9 Å². The second kappa shape index (κ2) is 16.7. The lowest BCUT2D eigenvalue weighted by molar-refractivity contribution is -0.177. The number of alkyl halides is 3. The summed E-state index contributed by atoms with van der Waals surface area (Å²) in [6.07, 6.45) is -4.66. The van der Waals surface area contributed by atoms with Gasteiger partial charge < -0.3 is 20.7 Å². The van der Waals surface area contributed by atoms with Gasteiger partial charge in [0.2, 0.25) is 17.6 Å². The molecular formula is C33H34ClF3N4O6. The van der Waals surface area contributed by atoms with E-state index in [1.54, 1.807) is 36.4 Å². The van der Waals surface area contributed by atoms with Crippen molar-refractivity contribution in [1.29, 1.82) is 0 Å². The number of hydrogen-bond acceptors (Lipinski definition) is 7. The maximum atomic E-state index is 13.8. The van der Waals surface area contributed by atoms with E-state index in [0.29, 0.717) is 16.3 Å². The highest BCUT2D eigenvalue weighted by molar-refractivity contribution is 6.30. The van der Waals surface area contributed by atoms with E-state index in [-0.39, 0.29) is 17.7 Å². The molecule has 0 aliphatic carbocycles. The van der Waals surface area contributed by atoms with Crippen molar-refractivity contribution in [1.82, 2.24) is 20.9 Å². The number of pyridine rings is 1. The second-order valence-electron chi connectivity index (χ2n) is 10.9. The first-order valence-electron chi connectivity index (χ1n) is 14.5. The predicted molar refractivity (Wildman–Crippen MR) is 167 cm³/mol. The number of ether oxygens (including phenoxy) is 1. The SMILES string of the molecule is COc1ccc([C@H](NC(=O)[C@H](Cc2cccc(Cl)c2)NC(=O)CNC(=O)c2ccccn2)C(=O)C[C@H](C(=O)C(F)(F)F)C(C)C)cc1. The van der Waals surface area contributed by atoms with Crippen molar-refractivity contribution in [3.05, 3.63) is 94.8 Å². The Balaban J connectivity index is 1.89. The van der Waals surface area contributed by atoms with Gasteiger partial charge in [0, 0.05) is 30.0 Å². The Morgan fingerprint density at radius 2 is 1.64 bits per heavy atom. The maximum absolute atomic E-state index is 13.8. The molecule has 0 radical (unpaired) electrons. The number of nitrogens with one attached hydrogen (secondary N) is 3. The monoisotopic (exact) mass is 674 g/mol. The first kappa shape index (κ1) is 36.7. The quantitative estimate of drug-likeness (QED) is 0.217. The number of aromatic nitrogens is 1. The van der Waals surface area contributed by atoms with Crippen molar-refractivity contribution in [3.8, 4) is 5.75 Å². The highest BCUT2D eigenvalue weighted by Crippen LogP contribution is 2.30. The Morgan fingerprint density at radius 3 is 2.21 bits per heavy atom. The molecule has 47 heavy (non-hydrogen) atoms. The zero-order valence-corrected chi connectivity index (χ0v) is 26.5. The molecular weight excluding hydrogens is 641 g/mol. The Bertz CT molecular complexity index is 1570. The van der Waals surface area contributed by atoms with Crippen LogP contribution in [-0.4, -0.2) is 60.1 Å². The van der Waals surface area contributed by atoms with Gasteiger partial charge in [0.15, 0.2) is 5.78 Å². The van der Waals surface area contributed by atoms with Crippen LogP contribution in [0.25, 0.3) is 0 Å². The summed E-state index contributed by atoms with van der Waals surface area (Å²) in [5, 5.41) is 7.86. The largest absolute Gasteiger partial charge is 0.497 e. The Hall–Kier alpha value is -4.78. The highest BCUT2D eigenvalue weighted by atomic mass is 35.5. The average molecular weight is 675 g/mol. The minimum atomic E-state index is -5.16. The summed E-state index contributed by atoms with van der Waals surface area (Å²) in [6.45, 7) is 2.27. The van der Waals surface area contributed by atoms with Crippen molar-refractivity contribution in [2.75, 3.05) is 13.7 Å². The van der Waals surface area contributed by atoms with Crippen molar-refractivity contribution in [2.45, 2.75) is 44.9 Å². The van der Waals surface area contributed by atoms with Gasteiger partial charge in [-0.05, 0) is 53.4 Å². The van der Waals surface area contributed by atoms with Crippen LogP contribution in [-0.2, 0) is 25.6 Å². The first-order valence-corrected chi connectivity index (χ1v) is 14.9. The lowest BCUT2D eigenvalue weighted by Gasteiger charge is -2.26. The molecule has 3 aromatic rings. The maximum Gasteiger partial charge on any atom is 0.450 e. The standard InChI is InChI=1S/C33H34ClF3N4O6/c1-19(2)24(30(44)33(35,36)37)17-27(42)29(21-10-12-23(47-3)13-11-21)41-32(46)26(16-20-7-6-8-22(34)15-20)40-28(43)18-39-31(45)25-9-4-5-14-38-25/h4-15,19,24,26,29H,16-18H2,1-3H3,(H,39,45)(H,40,43)(H,41,46)/t24-,26-,29-/m0/s1. The van der Waals surface area contributed by atoms with E-state index in [1.165, 1.54) is 57.5 Å². The van der Waals surface area contributed by atoms with E-state index in [1.807, 2.05) is 0 Å². The summed E-state index contributed by atoms with van der Waals surface area (Å²) in [6, 6.07) is 14.2. The van der Waals surface area contributed by atoms with Crippen LogP contribution in [0.3, 0.4) is 0 Å². The molecule has 0 aliphatic rings. The summed E-state index contributed by atoms with van der Waals surface area (Å²) in [7, 11) is 1.41. The molecule has 0 unspecified atom stereocenters. The van der Waals surface area contributed by atoms with Gasteiger partial charge in [0.1, 0.15) is 23.5 Å². The normalized spacial score (nSPS) is 13.2. The molecule has 10 nitrogen and oxygen atoms in total. The lowest BCUT2D eigenvalue weighted by atomic mass is 9.84. The van der Waals surface area contributed by atoms with Crippen molar-refractivity contribution < 1.29 is 41.9 Å². The third-order valence-corrected chi connectivity index (χ3v) is 7.42. The van der Waals surface area contributed by atoms with Gasteiger partial charge in [-0.3, -0.25) is 29.0 Å². The van der Waals surface area contributed by atoms with E-state index in [0.717, 1.165) is 0 Å². The van der Waals surface area contributed by atoms with Gasteiger partial charge in [-0.2, -0.15) is 13.2 Å². The Morgan fingerprint density at radius 1 is 0.936 bits per heavy atom. The summed E-state index contributed by atoms with van der Waals surface area (Å²) < 4.78 is 45.3. The molecule has 1 aromatic heterocycles. The third-order valence-electron chi connectivity index (χ3n) is 7.19.